The van der Waals surface area contributed by atoms with E-state index in [-0.39, 0.29) is 16.7 Å². The number of aryl methyl sites for hydroxylation is 1. The number of carbonyl (C=O) groups is 1. The van der Waals surface area contributed by atoms with Crippen molar-refractivity contribution in [3.8, 4) is 11.4 Å². The normalized spacial score (nSPS) is 13.7. The number of nitrogens with zero attached hydrogens (tertiary/aromatic N) is 3. The van der Waals surface area contributed by atoms with Crippen LogP contribution in [0.4, 0.5) is 15.8 Å². The number of hydrogen-bond donors (Lipinski definition) is 1. The Labute approximate surface area is 201 Å². The number of fused-ring (bicyclic) bond motifs is 1. The Morgan fingerprint density at radius 2 is 1.83 bits per heavy atom. The highest BCUT2D eigenvalue weighted by Gasteiger charge is 2.20. The maximum Gasteiger partial charge on any atom is 0.265 e. The lowest BCUT2D eigenvalue weighted by Gasteiger charge is -2.28. The molecular weight excluding hydrogens is 451 g/mol. The summed E-state index contributed by atoms with van der Waals surface area (Å²) in [6.45, 7) is 3.04. The summed E-state index contributed by atoms with van der Waals surface area (Å²) in [6.07, 6.45) is 3.22. The van der Waals surface area contributed by atoms with Gasteiger partial charge < -0.3 is 24.3 Å². The lowest BCUT2D eigenvalue weighted by molar-refractivity contribution is 0.102. The van der Waals surface area contributed by atoms with Gasteiger partial charge in [-0.1, -0.05) is 0 Å². The largest absolute Gasteiger partial charge is 0.494 e. The number of ether oxygens (including phenoxy) is 2. The van der Waals surface area contributed by atoms with Crippen molar-refractivity contribution in [2.24, 2.45) is 7.05 Å². The minimum absolute atomic E-state index is 0.216. The summed E-state index contributed by atoms with van der Waals surface area (Å²) in [6, 6.07) is 13.3. The first-order chi connectivity index (χ1) is 17.0. The van der Waals surface area contributed by atoms with E-state index >= 15 is 0 Å². The highest BCUT2D eigenvalue weighted by atomic mass is 19.1. The molecule has 0 radical (unpaired) electrons. The van der Waals surface area contributed by atoms with E-state index in [4.69, 9.17) is 9.47 Å². The average Bonchev–Trinajstić information content (AvgIpc) is 3.23. The lowest BCUT2D eigenvalue weighted by Crippen LogP contribution is -2.36. The highest BCUT2D eigenvalue weighted by molar-refractivity contribution is 6.12. The third kappa shape index (κ3) is 4.26. The predicted octanol–water partition coefficient (Wildman–Crippen LogP) is 3.57. The molecule has 1 amide bonds. The lowest BCUT2D eigenvalue weighted by atomic mass is 10.1. The van der Waals surface area contributed by atoms with Crippen LogP contribution in [0.3, 0.4) is 0 Å². The zero-order chi connectivity index (χ0) is 24.5. The molecule has 0 bridgehead atoms. The average molecular weight is 477 g/mol. The predicted molar refractivity (Wildman–Crippen MR) is 132 cm³/mol. The Kier molecular flexibility index (Phi) is 6.00. The van der Waals surface area contributed by atoms with Gasteiger partial charge in [-0.2, -0.15) is 0 Å². The van der Waals surface area contributed by atoms with E-state index in [1.165, 1.54) is 29.9 Å². The van der Waals surface area contributed by atoms with Crippen molar-refractivity contribution >= 4 is 28.2 Å². The van der Waals surface area contributed by atoms with Crippen LogP contribution < -0.4 is 20.5 Å². The second kappa shape index (κ2) is 9.27. The van der Waals surface area contributed by atoms with E-state index in [1.807, 2.05) is 24.3 Å². The molecule has 0 spiro atoms. The number of anilines is 2. The Bertz CT molecular complexity index is 1450. The fourth-order valence-corrected chi connectivity index (χ4v) is 4.39. The molecule has 8 nitrogen and oxygen atoms in total. The van der Waals surface area contributed by atoms with Gasteiger partial charge in [0.15, 0.2) is 0 Å². The molecule has 0 aliphatic carbocycles. The van der Waals surface area contributed by atoms with E-state index in [0.717, 1.165) is 18.8 Å². The van der Waals surface area contributed by atoms with Crippen molar-refractivity contribution in [1.29, 1.82) is 0 Å². The quantitative estimate of drug-likeness (QED) is 0.477. The molecule has 5 rings (SSSR count). The summed E-state index contributed by atoms with van der Waals surface area (Å²) in [7, 11) is 3.19. The summed E-state index contributed by atoms with van der Waals surface area (Å²) < 4.78 is 27.4. The van der Waals surface area contributed by atoms with Gasteiger partial charge in [-0.05, 0) is 42.5 Å². The van der Waals surface area contributed by atoms with Gasteiger partial charge in [0.05, 0.1) is 42.5 Å². The molecule has 180 valence electrons. The molecule has 9 heteroatoms. The Hall–Kier alpha value is -4.11. The minimum Gasteiger partial charge on any atom is -0.494 e. The first-order valence-corrected chi connectivity index (χ1v) is 11.2. The Morgan fingerprint density at radius 3 is 2.54 bits per heavy atom. The van der Waals surface area contributed by atoms with Gasteiger partial charge in [0.25, 0.3) is 11.5 Å². The van der Waals surface area contributed by atoms with E-state index in [9.17, 15) is 14.0 Å². The van der Waals surface area contributed by atoms with Crippen molar-refractivity contribution < 1.29 is 18.7 Å². The number of rotatable bonds is 5. The molecule has 3 heterocycles. The molecular formula is C26H25FN4O4. The fourth-order valence-electron chi connectivity index (χ4n) is 4.39. The maximum absolute atomic E-state index is 13.7. The van der Waals surface area contributed by atoms with Crippen molar-refractivity contribution in [2.75, 3.05) is 43.6 Å². The third-order valence-corrected chi connectivity index (χ3v) is 6.19. The number of nitrogens with one attached hydrogen (secondary N) is 1. The van der Waals surface area contributed by atoms with E-state index in [0.29, 0.717) is 30.1 Å². The van der Waals surface area contributed by atoms with Crippen LogP contribution in [0.5, 0.6) is 5.75 Å². The van der Waals surface area contributed by atoms with Crippen molar-refractivity contribution in [3.63, 3.8) is 0 Å². The van der Waals surface area contributed by atoms with Crippen LogP contribution in [0.15, 0.2) is 65.7 Å². The molecule has 1 saturated heterocycles. The van der Waals surface area contributed by atoms with Gasteiger partial charge in [-0.25, -0.2) is 4.39 Å². The molecule has 2 aromatic heterocycles. The summed E-state index contributed by atoms with van der Waals surface area (Å²) in [5.74, 6) is -0.650. The molecule has 0 saturated carbocycles. The maximum atomic E-state index is 13.7. The SMILES string of the molecule is COc1cc(F)ccc1-n1ccc2c(c(C(=O)Nc3ccc(N4CCOCC4)cc3)cn2C)c1=O. The topological polar surface area (TPSA) is 77.7 Å². The van der Waals surface area contributed by atoms with Gasteiger partial charge >= 0.3 is 0 Å². The fraction of sp³-hybridized carbons (Fsp3) is 0.231. The number of morpholine rings is 1. The van der Waals surface area contributed by atoms with Gasteiger partial charge in [0, 0.05) is 50.0 Å². The van der Waals surface area contributed by atoms with Crippen LogP contribution in [0.1, 0.15) is 10.4 Å². The van der Waals surface area contributed by atoms with Crippen LogP contribution in [-0.4, -0.2) is 48.5 Å². The second-order valence-electron chi connectivity index (χ2n) is 8.32. The van der Waals surface area contributed by atoms with E-state index < -0.39 is 17.3 Å². The number of pyridine rings is 1. The van der Waals surface area contributed by atoms with Crippen LogP contribution >= 0.6 is 0 Å². The number of halogens is 1. The molecule has 1 aliphatic heterocycles. The standard InChI is InChI=1S/C26H25FN4O4/c1-29-16-20(25(32)28-18-4-6-19(7-5-18)30-11-13-35-14-12-30)24-22(29)9-10-31(26(24)33)21-8-3-17(27)15-23(21)34-2/h3-10,15-16H,11-14H2,1-2H3,(H,28,32). The zero-order valence-corrected chi connectivity index (χ0v) is 19.5. The molecule has 1 fully saturated rings. The molecule has 0 unspecified atom stereocenters. The zero-order valence-electron chi connectivity index (χ0n) is 19.5. The number of amides is 1. The number of hydrogen-bond acceptors (Lipinski definition) is 5. The summed E-state index contributed by atoms with van der Waals surface area (Å²) in [5.41, 5.74) is 2.53. The first-order valence-electron chi connectivity index (χ1n) is 11.2. The molecule has 0 atom stereocenters. The molecule has 4 aromatic rings. The number of carbonyl (C=O) groups excluding carboxylic acids is 1. The second-order valence-corrected chi connectivity index (χ2v) is 8.32. The number of aromatic nitrogens is 2. The summed E-state index contributed by atoms with van der Waals surface area (Å²) in [4.78, 5) is 28.9. The van der Waals surface area contributed by atoms with Gasteiger partial charge in [-0.15, -0.1) is 0 Å². The van der Waals surface area contributed by atoms with Gasteiger partial charge in [0.2, 0.25) is 0 Å². The Balaban J connectivity index is 1.48. The van der Waals surface area contributed by atoms with Crippen molar-refractivity contribution in [3.05, 3.63) is 82.7 Å². The molecule has 1 aliphatic rings. The van der Waals surface area contributed by atoms with Crippen LogP contribution in [-0.2, 0) is 11.8 Å². The number of benzene rings is 2. The Morgan fingerprint density at radius 1 is 1.09 bits per heavy atom. The molecule has 2 aromatic carbocycles. The van der Waals surface area contributed by atoms with Crippen LogP contribution in [0.25, 0.3) is 16.6 Å². The number of methoxy groups -OCH3 is 1. The van der Waals surface area contributed by atoms with Gasteiger partial charge in [-0.3, -0.25) is 14.2 Å². The smallest absolute Gasteiger partial charge is 0.265 e. The molecule has 35 heavy (non-hydrogen) atoms. The van der Waals surface area contributed by atoms with E-state index in [2.05, 4.69) is 10.2 Å². The van der Waals surface area contributed by atoms with Gasteiger partial charge in [0.1, 0.15) is 11.6 Å². The first kappa shape index (κ1) is 22.7. The van der Waals surface area contributed by atoms with Crippen molar-refractivity contribution in [2.45, 2.75) is 0 Å². The molecule has 1 N–H and O–H groups in total. The minimum atomic E-state index is -0.473. The van der Waals surface area contributed by atoms with E-state index in [1.54, 1.807) is 30.1 Å². The van der Waals surface area contributed by atoms with Crippen LogP contribution in [0.2, 0.25) is 0 Å². The summed E-state index contributed by atoms with van der Waals surface area (Å²) >= 11 is 0. The van der Waals surface area contributed by atoms with Crippen LogP contribution in [0, 0.1) is 5.82 Å². The highest BCUT2D eigenvalue weighted by Crippen LogP contribution is 2.25. The monoisotopic (exact) mass is 476 g/mol. The van der Waals surface area contributed by atoms with Crippen molar-refractivity contribution in [1.82, 2.24) is 9.13 Å². The summed E-state index contributed by atoms with van der Waals surface area (Å²) in [5, 5.41) is 3.16. The third-order valence-electron chi connectivity index (χ3n) is 6.19.